The molecule has 0 aromatic heterocycles. The van der Waals surface area contributed by atoms with E-state index in [-0.39, 0.29) is 8.95 Å². The Kier molecular flexibility index (Phi) is 9.07. The lowest BCUT2D eigenvalue weighted by atomic mass is 9.85. The Balaban J connectivity index is 2.52. The van der Waals surface area contributed by atoms with E-state index in [1.165, 1.54) is 0 Å². The number of halogens is 18. The summed E-state index contributed by atoms with van der Waals surface area (Å²) in [6.07, 6.45) is -5.08. The van der Waals surface area contributed by atoms with Gasteiger partial charge in [0.2, 0.25) is 0 Å². The monoisotopic (exact) mass is 738 g/mol. The average molecular weight is 740 g/mol. The molecule has 2 aromatic rings. The van der Waals surface area contributed by atoms with E-state index in [1.54, 1.807) is 0 Å². The maximum atomic E-state index is 14.1. The Bertz CT molecular complexity index is 1080. The second-order valence-corrected chi connectivity index (χ2v) is 10.3. The molecule has 0 radical (unpaired) electrons. The number of benzene rings is 2. The number of rotatable bonds is 11. The average Bonchev–Trinajstić information content (AvgIpc) is 2.80. The highest BCUT2D eigenvalue weighted by atomic mass is 79.9. The van der Waals surface area contributed by atoms with E-state index >= 15 is 0 Å². The Labute approximate surface area is 231 Å². The second-order valence-electron chi connectivity index (χ2n) is 8.46. The first-order valence-electron chi connectivity index (χ1n) is 10.2. The molecule has 0 spiro atoms. The summed E-state index contributed by atoms with van der Waals surface area (Å²) in [6, 6.07) is 5.90. The molecule has 0 saturated heterocycles. The maximum Gasteiger partial charge on any atom is 0.384 e. The van der Waals surface area contributed by atoms with Crippen LogP contribution in [-0.2, 0) is 12.8 Å². The zero-order chi connectivity index (χ0) is 31.4. The van der Waals surface area contributed by atoms with Crippen LogP contribution >= 0.6 is 31.9 Å². The van der Waals surface area contributed by atoms with Crippen LogP contribution in [-0.4, -0.2) is 47.4 Å². The van der Waals surface area contributed by atoms with Crippen LogP contribution in [0.3, 0.4) is 0 Å². The molecule has 0 bridgehead atoms. The molecule has 0 saturated carbocycles. The van der Waals surface area contributed by atoms with Crippen LogP contribution in [0.15, 0.2) is 57.5 Å². The SMILES string of the molecule is FC(F)(Cc1ccc(Br)cc1)C(F)(F)C(F)(F)C(F)(F)C(F)(F)C(F)(F)C(F)(F)C(F)(F)Cc1ccc(Br)cc1. The molecule has 0 aliphatic rings. The predicted octanol–water partition coefficient (Wildman–Crippen LogP) is 10.1. The Morgan fingerprint density at radius 3 is 0.775 bits per heavy atom. The number of alkyl halides is 16. The van der Waals surface area contributed by atoms with Crippen molar-refractivity contribution >= 4 is 31.9 Å². The van der Waals surface area contributed by atoms with Gasteiger partial charge in [-0.25, -0.2) is 0 Å². The van der Waals surface area contributed by atoms with Gasteiger partial charge >= 0.3 is 47.4 Å². The van der Waals surface area contributed by atoms with Crippen LogP contribution in [0, 0.1) is 0 Å². The Morgan fingerprint density at radius 1 is 0.350 bits per heavy atom. The van der Waals surface area contributed by atoms with Gasteiger partial charge in [0, 0.05) is 21.8 Å². The van der Waals surface area contributed by atoms with Crippen LogP contribution in [0.1, 0.15) is 11.1 Å². The molecule has 2 aromatic carbocycles. The molecule has 40 heavy (non-hydrogen) atoms. The van der Waals surface area contributed by atoms with Crippen LogP contribution in [0.25, 0.3) is 0 Å². The lowest BCUT2D eigenvalue weighted by molar-refractivity contribution is -0.453. The first-order valence-corrected chi connectivity index (χ1v) is 11.8. The van der Waals surface area contributed by atoms with E-state index in [0.717, 1.165) is 24.3 Å². The summed E-state index contributed by atoms with van der Waals surface area (Å²) in [5.74, 6) is -61.2. The quantitative estimate of drug-likeness (QED) is 0.201. The van der Waals surface area contributed by atoms with Crippen molar-refractivity contribution in [2.45, 2.75) is 60.2 Å². The summed E-state index contributed by atoms with van der Waals surface area (Å²) in [6.45, 7) is 0. The Morgan fingerprint density at radius 2 is 0.550 bits per heavy atom. The minimum absolute atomic E-state index is 0.128. The van der Waals surface area contributed by atoms with E-state index < -0.39 is 71.3 Å². The zero-order valence-corrected chi connectivity index (χ0v) is 22.0. The van der Waals surface area contributed by atoms with E-state index in [2.05, 4.69) is 31.9 Å². The highest BCUT2D eigenvalue weighted by molar-refractivity contribution is 9.10. The first kappa shape index (κ1) is 34.5. The van der Waals surface area contributed by atoms with Crippen molar-refractivity contribution in [3.63, 3.8) is 0 Å². The Hall–Kier alpha value is -1.72. The molecule has 226 valence electrons. The van der Waals surface area contributed by atoms with Crippen molar-refractivity contribution in [3.8, 4) is 0 Å². The van der Waals surface area contributed by atoms with Gasteiger partial charge in [-0.15, -0.1) is 0 Å². The second kappa shape index (κ2) is 10.5. The largest absolute Gasteiger partial charge is 0.384 e. The molecule has 0 aliphatic heterocycles. The number of hydrogen-bond acceptors (Lipinski definition) is 0. The molecule has 0 unspecified atom stereocenters. The van der Waals surface area contributed by atoms with Gasteiger partial charge in [0.05, 0.1) is 0 Å². The van der Waals surface area contributed by atoms with Crippen molar-refractivity contribution in [3.05, 3.63) is 68.6 Å². The lowest BCUT2D eigenvalue weighted by Crippen LogP contribution is -2.75. The third-order valence-corrected chi connectivity index (χ3v) is 6.63. The summed E-state index contributed by atoms with van der Waals surface area (Å²) >= 11 is 5.58. The van der Waals surface area contributed by atoms with Crippen LogP contribution in [0.4, 0.5) is 70.2 Å². The zero-order valence-electron chi connectivity index (χ0n) is 18.8. The van der Waals surface area contributed by atoms with E-state index in [1.807, 2.05) is 0 Å². The molecule has 0 amide bonds. The molecule has 0 atom stereocenters. The summed E-state index contributed by atoms with van der Waals surface area (Å²) in [4.78, 5) is 0. The fraction of sp³-hybridized carbons (Fsp3) is 0.455. The summed E-state index contributed by atoms with van der Waals surface area (Å²) in [5, 5.41) is 0. The highest BCUT2D eigenvalue weighted by Crippen LogP contribution is 2.64. The molecule has 0 aliphatic carbocycles. The van der Waals surface area contributed by atoms with Crippen molar-refractivity contribution < 1.29 is 70.2 Å². The minimum Gasteiger partial charge on any atom is -0.199 e. The molecule has 0 heterocycles. The topological polar surface area (TPSA) is 0 Å². The molecule has 0 N–H and O–H groups in total. The highest BCUT2D eigenvalue weighted by Gasteiger charge is 2.94. The molecule has 0 nitrogen and oxygen atoms in total. The van der Waals surface area contributed by atoms with Gasteiger partial charge in [0.1, 0.15) is 0 Å². The maximum absolute atomic E-state index is 14.1. The number of hydrogen-bond donors (Lipinski definition) is 0. The van der Waals surface area contributed by atoms with E-state index in [9.17, 15) is 70.2 Å². The molecule has 0 fully saturated rings. The third kappa shape index (κ3) is 5.42. The minimum atomic E-state index is -8.44. The summed E-state index contributed by atoms with van der Waals surface area (Å²) < 4.78 is 226. The molecular weight excluding hydrogens is 728 g/mol. The molecule has 18 heteroatoms. The van der Waals surface area contributed by atoms with Gasteiger partial charge in [0.15, 0.2) is 0 Å². The van der Waals surface area contributed by atoms with Gasteiger partial charge in [-0.05, 0) is 35.4 Å². The normalized spacial score (nSPS) is 14.9. The lowest BCUT2D eigenvalue weighted by Gasteiger charge is -2.43. The fourth-order valence-corrected chi connectivity index (χ4v) is 3.72. The van der Waals surface area contributed by atoms with Crippen molar-refractivity contribution in [1.82, 2.24) is 0 Å². The summed E-state index contributed by atoms with van der Waals surface area (Å²) in [5.41, 5.74) is -1.91. The molecular formula is C22H12Br2F16. The smallest absolute Gasteiger partial charge is 0.199 e. The fourth-order valence-electron chi connectivity index (χ4n) is 3.19. The van der Waals surface area contributed by atoms with Gasteiger partial charge in [-0.1, -0.05) is 56.1 Å². The van der Waals surface area contributed by atoms with Gasteiger partial charge in [-0.3, -0.25) is 0 Å². The standard InChI is InChI=1S/C22H12Br2F16/c23-13-5-1-11(2-6-13)9-15(25,26)17(29,30)19(33,34)21(37,38)22(39,40)20(35,36)18(31,32)16(27,28)10-12-3-7-14(24)8-4-12/h1-8H,9-10H2. The third-order valence-electron chi connectivity index (χ3n) is 5.57. The van der Waals surface area contributed by atoms with E-state index in [4.69, 9.17) is 0 Å². The molecule has 2 rings (SSSR count). The van der Waals surface area contributed by atoms with Crippen LogP contribution in [0.2, 0.25) is 0 Å². The van der Waals surface area contributed by atoms with Gasteiger partial charge in [-0.2, -0.15) is 70.2 Å². The van der Waals surface area contributed by atoms with Crippen molar-refractivity contribution in [2.75, 3.05) is 0 Å². The van der Waals surface area contributed by atoms with Crippen molar-refractivity contribution in [1.29, 1.82) is 0 Å². The van der Waals surface area contributed by atoms with Crippen molar-refractivity contribution in [2.24, 2.45) is 0 Å². The summed E-state index contributed by atoms with van der Waals surface area (Å²) in [7, 11) is 0. The van der Waals surface area contributed by atoms with Gasteiger partial charge < -0.3 is 0 Å². The van der Waals surface area contributed by atoms with E-state index in [0.29, 0.717) is 24.3 Å². The first-order chi connectivity index (χ1) is 17.7. The van der Waals surface area contributed by atoms with Crippen LogP contribution < -0.4 is 0 Å². The predicted molar refractivity (Wildman–Crippen MR) is 115 cm³/mol. The van der Waals surface area contributed by atoms with Crippen LogP contribution in [0.5, 0.6) is 0 Å². The van der Waals surface area contributed by atoms with Gasteiger partial charge in [0.25, 0.3) is 0 Å².